The Morgan fingerprint density at radius 2 is 0.905 bits per heavy atom. The maximum absolute atomic E-state index is 10.9. The van der Waals surface area contributed by atoms with E-state index in [1.807, 2.05) is 0 Å². The summed E-state index contributed by atoms with van der Waals surface area (Å²) in [6, 6.07) is 16.8. The molecule has 4 nitrogen and oxygen atoms in total. The third-order valence-electron chi connectivity index (χ3n) is 2.45. The Bertz CT molecular complexity index is 562. The summed E-state index contributed by atoms with van der Waals surface area (Å²) in [5, 5.41) is 0.796. The molecular weight excluding hydrogens is 318 g/mol. The van der Waals surface area contributed by atoms with Crippen molar-refractivity contribution in [2.75, 3.05) is 13.3 Å². The van der Waals surface area contributed by atoms with E-state index < -0.39 is 14.7 Å². The summed E-state index contributed by atoms with van der Waals surface area (Å²) in [4.78, 5) is 21.7. The Morgan fingerprint density at radius 3 is 1.05 bits per heavy atom. The van der Waals surface area contributed by atoms with Crippen LogP contribution >= 0.6 is 14.7 Å². The van der Waals surface area contributed by atoms with E-state index in [4.69, 9.17) is 0 Å². The number of benzene rings is 2. The van der Waals surface area contributed by atoms with Crippen molar-refractivity contribution in [3.8, 4) is 0 Å². The second-order valence-corrected chi connectivity index (χ2v) is 8.78. The number of hydrogen-bond acceptors (Lipinski definition) is 4. The van der Waals surface area contributed by atoms with Crippen LogP contribution in [-0.2, 0) is 9.13 Å². The Hall–Kier alpha value is -0.414. The molecule has 0 heterocycles. The van der Waals surface area contributed by atoms with Crippen LogP contribution in [0.4, 0.5) is 0 Å². The summed E-state index contributed by atoms with van der Waals surface area (Å²) in [7, 11) is -6.54. The molecule has 0 aliphatic carbocycles. The minimum atomic E-state index is -3.27. The Kier molecular flexibility index (Phi) is 8.72. The van der Waals surface area contributed by atoms with Crippen LogP contribution in [0.15, 0.2) is 60.7 Å². The van der Waals surface area contributed by atoms with Crippen LogP contribution in [0, 0.1) is 0 Å². The Balaban J connectivity index is 0.000000364. The third-order valence-corrected chi connectivity index (χ3v) is 4.92. The van der Waals surface area contributed by atoms with Gasteiger partial charge in [-0.1, -0.05) is 60.7 Å². The van der Waals surface area contributed by atoms with Crippen LogP contribution in [0.1, 0.15) is 0 Å². The molecule has 2 aromatic carbocycles. The zero-order valence-corrected chi connectivity index (χ0v) is 15.2. The molecule has 0 bridgehead atoms. The van der Waals surface area contributed by atoms with Gasteiger partial charge < -0.3 is 18.9 Å². The molecule has 0 aromatic heterocycles. The fourth-order valence-electron chi connectivity index (χ4n) is 1.40. The van der Waals surface area contributed by atoms with Crippen LogP contribution in [0.25, 0.3) is 0 Å². The minimum Gasteiger partial charge on any atom is -0.796 e. The van der Waals surface area contributed by atoms with E-state index in [0.29, 0.717) is 10.6 Å². The van der Waals surface area contributed by atoms with Crippen molar-refractivity contribution in [2.24, 2.45) is 0 Å². The molecule has 0 saturated carbocycles. The summed E-state index contributed by atoms with van der Waals surface area (Å²) in [6.45, 7) is 2.45. The van der Waals surface area contributed by atoms with Crippen molar-refractivity contribution in [1.82, 2.24) is 0 Å². The van der Waals surface area contributed by atoms with Gasteiger partial charge in [0.15, 0.2) is 0 Å². The molecule has 2 aromatic rings. The molecule has 0 amide bonds. The first kappa shape index (κ1) is 20.6. The van der Waals surface area contributed by atoms with E-state index in [-0.39, 0.29) is 23.1 Å². The quantitative estimate of drug-likeness (QED) is 0.600. The third kappa shape index (κ3) is 7.96. The second kappa shape index (κ2) is 8.89. The average Bonchev–Trinajstić information content (AvgIpc) is 2.40. The van der Waals surface area contributed by atoms with Crippen molar-refractivity contribution in [1.29, 1.82) is 0 Å². The minimum absolute atomic E-state index is 0. The fraction of sp³-hybridized carbons (Fsp3) is 0.143. The molecule has 0 N–H and O–H groups in total. The predicted molar refractivity (Wildman–Crippen MR) is 85.0 cm³/mol. The summed E-state index contributed by atoms with van der Waals surface area (Å²) in [6.07, 6.45) is 0. The first-order valence-corrected chi connectivity index (χ1v) is 10.0. The monoisotopic (exact) mass is 334 g/mol. The van der Waals surface area contributed by atoms with Gasteiger partial charge in [-0.05, 0) is 23.9 Å². The van der Waals surface area contributed by atoms with Gasteiger partial charge in [-0.25, -0.2) is 0 Å². The predicted octanol–water partition coefficient (Wildman–Crippen LogP) is 0.779. The molecular formula is C14H16MgO4P2. The standard InChI is InChI=1S/2C7H9O2P.Mg/c2*1-10(8,9)7-5-3-2-4-6-7;/h2*2-6H,1H3,(H,8,9);/q;;+2/p-2. The molecule has 0 radical (unpaired) electrons. The molecule has 108 valence electrons. The first-order chi connectivity index (χ1) is 9.21. The van der Waals surface area contributed by atoms with Crippen LogP contribution in [-0.4, -0.2) is 36.4 Å². The van der Waals surface area contributed by atoms with Crippen LogP contribution in [0.3, 0.4) is 0 Å². The van der Waals surface area contributed by atoms with Gasteiger partial charge in [0.05, 0.1) is 0 Å². The van der Waals surface area contributed by atoms with E-state index in [2.05, 4.69) is 0 Å². The molecule has 0 aliphatic heterocycles. The van der Waals surface area contributed by atoms with Gasteiger partial charge in [-0.3, -0.25) is 0 Å². The van der Waals surface area contributed by atoms with Crippen molar-refractivity contribution in [3.63, 3.8) is 0 Å². The fourth-order valence-corrected chi connectivity index (χ4v) is 2.82. The van der Waals surface area contributed by atoms with Gasteiger partial charge >= 0.3 is 23.1 Å². The van der Waals surface area contributed by atoms with Gasteiger partial charge in [-0.2, -0.15) is 0 Å². The molecule has 2 atom stereocenters. The van der Waals surface area contributed by atoms with Gasteiger partial charge in [-0.15, -0.1) is 0 Å². The molecule has 21 heavy (non-hydrogen) atoms. The van der Waals surface area contributed by atoms with Crippen molar-refractivity contribution >= 4 is 48.4 Å². The topological polar surface area (TPSA) is 80.3 Å². The molecule has 0 spiro atoms. The van der Waals surface area contributed by atoms with Crippen molar-refractivity contribution in [2.45, 2.75) is 0 Å². The summed E-state index contributed by atoms with van der Waals surface area (Å²) >= 11 is 0. The molecule has 2 unspecified atom stereocenters. The zero-order chi connectivity index (χ0) is 15.2. The smallest absolute Gasteiger partial charge is 0.796 e. The SMILES string of the molecule is CP(=O)([O-])c1ccccc1.CP(=O)([O-])c1ccccc1.[Mg+2]. The summed E-state index contributed by atoms with van der Waals surface area (Å²) in [5.74, 6) is 0. The van der Waals surface area contributed by atoms with Crippen LogP contribution in [0.5, 0.6) is 0 Å². The van der Waals surface area contributed by atoms with Gasteiger partial charge in [0.1, 0.15) is 0 Å². The van der Waals surface area contributed by atoms with E-state index in [1.54, 1.807) is 60.7 Å². The molecule has 2 rings (SSSR count). The largest absolute Gasteiger partial charge is 2.00 e. The van der Waals surface area contributed by atoms with E-state index in [9.17, 15) is 18.9 Å². The molecule has 0 fully saturated rings. The Morgan fingerprint density at radius 1 is 0.667 bits per heavy atom. The maximum atomic E-state index is 10.9. The van der Waals surface area contributed by atoms with Crippen molar-refractivity contribution < 1.29 is 18.9 Å². The van der Waals surface area contributed by atoms with E-state index in [0.717, 1.165) is 0 Å². The Labute approximate surface area is 141 Å². The summed E-state index contributed by atoms with van der Waals surface area (Å²) < 4.78 is 21.7. The number of rotatable bonds is 2. The normalized spacial score (nSPS) is 15.4. The number of hydrogen-bond donors (Lipinski definition) is 0. The van der Waals surface area contributed by atoms with Crippen LogP contribution in [0.2, 0.25) is 0 Å². The van der Waals surface area contributed by atoms with Gasteiger partial charge in [0.2, 0.25) is 0 Å². The average molecular weight is 335 g/mol. The first-order valence-electron chi connectivity index (χ1n) is 5.89. The van der Waals surface area contributed by atoms with Gasteiger partial charge in [0.25, 0.3) is 0 Å². The summed E-state index contributed by atoms with van der Waals surface area (Å²) in [5.41, 5.74) is 0. The van der Waals surface area contributed by atoms with Crippen molar-refractivity contribution in [3.05, 3.63) is 60.7 Å². The molecule has 0 aliphatic rings. The van der Waals surface area contributed by atoms with E-state index in [1.165, 1.54) is 13.3 Å². The van der Waals surface area contributed by atoms with Crippen LogP contribution < -0.4 is 20.4 Å². The maximum Gasteiger partial charge on any atom is 2.00 e. The zero-order valence-electron chi connectivity index (χ0n) is 12.0. The van der Waals surface area contributed by atoms with E-state index >= 15 is 0 Å². The van der Waals surface area contributed by atoms with Gasteiger partial charge in [0, 0.05) is 14.7 Å². The molecule has 0 saturated heterocycles. The second-order valence-electron chi connectivity index (χ2n) is 4.36. The molecule has 7 heteroatoms.